The molecule has 0 aliphatic rings. The molecule has 2 rings (SSSR count). The standard InChI is InChI=1S/C17H21NO3/c1-3-21-14-7-5-13(6-8-14)17(18)15-9-4-12(11-19)10-16(15)20-2/h4-10,17,19H,3,11,18H2,1-2H3. The normalized spacial score (nSPS) is 12.0. The summed E-state index contributed by atoms with van der Waals surface area (Å²) in [5.41, 5.74) is 8.99. The van der Waals surface area contributed by atoms with Crippen LogP contribution in [0.5, 0.6) is 11.5 Å². The molecule has 2 aromatic carbocycles. The van der Waals surface area contributed by atoms with E-state index in [1.807, 2.05) is 49.4 Å². The Morgan fingerprint density at radius 2 is 1.86 bits per heavy atom. The molecule has 0 spiro atoms. The van der Waals surface area contributed by atoms with Crippen LogP contribution < -0.4 is 15.2 Å². The first-order valence-electron chi connectivity index (χ1n) is 6.95. The maximum atomic E-state index is 9.18. The van der Waals surface area contributed by atoms with Gasteiger partial charge in [0.15, 0.2) is 0 Å². The topological polar surface area (TPSA) is 64.7 Å². The first kappa shape index (κ1) is 15.4. The van der Waals surface area contributed by atoms with Gasteiger partial charge < -0.3 is 20.3 Å². The van der Waals surface area contributed by atoms with Crippen LogP contribution in [0.3, 0.4) is 0 Å². The fraction of sp³-hybridized carbons (Fsp3) is 0.294. The van der Waals surface area contributed by atoms with E-state index in [4.69, 9.17) is 15.2 Å². The van der Waals surface area contributed by atoms with Crippen LogP contribution in [-0.4, -0.2) is 18.8 Å². The Bertz CT molecular complexity index is 581. The second-order valence-corrected chi connectivity index (χ2v) is 4.71. The molecule has 3 N–H and O–H groups in total. The Balaban J connectivity index is 2.28. The maximum Gasteiger partial charge on any atom is 0.124 e. The van der Waals surface area contributed by atoms with Crippen LogP contribution >= 0.6 is 0 Å². The zero-order valence-electron chi connectivity index (χ0n) is 12.4. The van der Waals surface area contributed by atoms with Crippen molar-refractivity contribution in [3.8, 4) is 11.5 Å². The van der Waals surface area contributed by atoms with E-state index in [9.17, 15) is 5.11 Å². The number of aliphatic hydroxyl groups excluding tert-OH is 1. The molecule has 0 aromatic heterocycles. The molecule has 0 radical (unpaired) electrons. The molecule has 4 heteroatoms. The molecule has 0 saturated heterocycles. The second-order valence-electron chi connectivity index (χ2n) is 4.71. The van der Waals surface area contributed by atoms with Gasteiger partial charge in [-0.15, -0.1) is 0 Å². The summed E-state index contributed by atoms with van der Waals surface area (Å²) < 4.78 is 10.8. The third-order valence-electron chi connectivity index (χ3n) is 3.37. The molecule has 112 valence electrons. The molecule has 0 amide bonds. The second kappa shape index (κ2) is 7.11. The monoisotopic (exact) mass is 287 g/mol. The van der Waals surface area contributed by atoms with Gasteiger partial charge in [-0.1, -0.05) is 24.3 Å². The Morgan fingerprint density at radius 3 is 2.43 bits per heavy atom. The van der Waals surface area contributed by atoms with Gasteiger partial charge in [-0.25, -0.2) is 0 Å². The molecular weight excluding hydrogens is 266 g/mol. The molecule has 0 aliphatic heterocycles. The number of nitrogens with two attached hydrogens (primary N) is 1. The molecule has 0 aliphatic carbocycles. The van der Waals surface area contributed by atoms with Gasteiger partial charge in [-0.3, -0.25) is 0 Å². The van der Waals surface area contributed by atoms with Crippen molar-refractivity contribution in [1.82, 2.24) is 0 Å². The summed E-state index contributed by atoms with van der Waals surface area (Å²) in [4.78, 5) is 0. The molecule has 0 fully saturated rings. The van der Waals surface area contributed by atoms with Crippen molar-refractivity contribution >= 4 is 0 Å². The van der Waals surface area contributed by atoms with Crippen LogP contribution in [0.25, 0.3) is 0 Å². The third kappa shape index (κ3) is 3.54. The van der Waals surface area contributed by atoms with Crippen LogP contribution in [-0.2, 0) is 6.61 Å². The first-order valence-corrected chi connectivity index (χ1v) is 6.95. The lowest BCUT2D eigenvalue weighted by Gasteiger charge is -2.17. The summed E-state index contributed by atoms with van der Waals surface area (Å²) in [7, 11) is 1.60. The molecule has 1 unspecified atom stereocenters. The van der Waals surface area contributed by atoms with Gasteiger partial charge >= 0.3 is 0 Å². The number of rotatable bonds is 6. The van der Waals surface area contributed by atoms with E-state index in [0.29, 0.717) is 12.4 Å². The van der Waals surface area contributed by atoms with Gasteiger partial charge in [-0.2, -0.15) is 0 Å². The van der Waals surface area contributed by atoms with Crippen molar-refractivity contribution in [3.05, 3.63) is 59.2 Å². The minimum absolute atomic E-state index is 0.0189. The minimum Gasteiger partial charge on any atom is -0.496 e. The maximum absolute atomic E-state index is 9.18. The molecule has 1 atom stereocenters. The zero-order valence-corrected chi connectivity index (χ0v) is 12.4. The molecule has 0 saturated carbocycles. The Labute approximate surface area is 125 Å². The smallest absolute Gasteiger partial charge is 0.124 e. The SMILES string of the molecule is CCOc1ccc(C(N)c2ccc(CO)cc2OC)cc1. The average Bonchev–Trinajstić information content (AvgIpc) is 2.54. The van der Waals surface area contributed by atoms with Crippen LogP contribution in [0.2, 0.25) is 0 Å². The van der Waals surface area contributed by atoms with Crippen molar-refractivity contribution in [2.45, 2.75) is 19.6 Å². The summed E-state index contributed by atoms with van der Waals surface area (Å²) in [6.07, 6.45) is 0. The van der Waals surface area contributed by atoms with Crippen molar-refractivity contribution < 1.29 is 14.6 Å². The largest absolute Gasteiger partial charge is 0.496 e. The molecule has 0 heterocycles. The fourth-order valence-electron chi connectivity index (χ4n) is 2.23. The fourth-order valence-corrected chi connectivity index (χ4v) is 2.23. The Hall–Kier alpha value is -2.04. The molecule has 0 bridgehead atoms. The summed E-state index contributed by atoms with van der Waals surface area (Å²) in [6.45, 7) is 2.57. The number of benzene rings is 2. The summed E-state index contributed by atoms with van der Waals surface area (Å²) in [6, 6.07) is 13.0. The first-order chi connectivity index (χ1) is 10.2. The predicted molar refractivity (Wildman–Crippen MR) is 82.6 cm³/mol. The average molecular weight is 287 g/mol. The quantitative estimate of drug-likeness (QED) is 0.857. The van der Waals surface area contributed by atoms with Crippen molar-refractivity contribution in [2.24, 2.45) is 5.73 Å². The molecule has 21 heavy (non-hydrogen) atoms. The third-order valence-corrected chi connectivity index (χ3v) is 3.37. The van der Waals surface area contributed by atoms with Gasteiger partial charge in [0.1, 0.15) is 11.5 Å². The van der Waals surface area contributed by atoms with Crippen molar-refractivity contribution in [1.29, 1.82) is 0 Å². The number of ether oxygens (including phenoxy) is 2. The van der Waals surface area contributed by atoms with E-state index in [1.165, 1.54) is 0 Å². The summed E-state index contributed by atoms with van der Waals surface area (Å²) in [5, 5.41) is 9.18. The van der Waals surface area contributed by atoms with Crippen molar-refractivity contribution in [3.63, 3.8) is 0 Å². The Morgan fingerprint density at radius 1 is 1.14 bits per heavy atom. The minimum atomic E-state index is -0.289. The number of methoxy groups -OCH3 is 1. The lowest BCUT2D eigenvalue weighted by Crippen LogP contribution is -2.13. The van der Waals surface area contributed by atoms with Gasteiger partial charge in [0.25, 0.3) is 0 Å². The van der Waals surface area contributed by atoms with Crippen LogP contribution in [0.15, 0.2) is 42.5 Å². The van der Waals surface area contributed by atoms with Crippen LogP contribution in [0, 0.1) is 0 Å². The van der Waals surface area contributed by atoms with Crippen LogP contribution in [0.1, 0.15) is 29.7 Å². The van der Waals surface area contributed by atoms with E-state index in [1.54, 1.807) is 7.11 Å². The zero-order chi connectivity index (χ0) is 15.2. The number of aliphatic hydroxyl groups is 1. The predicted octanol–water partition coefficient (Wildman–Crippen LogP) is 2.63. The highest BCUT2D eigenvalue weighted by molar-refractivity contribution is 5.44. The van der Waals surface area contributed by atoms with Gasteiger partial charge in [0.05, 0.1) is 26.4 Å². The molecular formula is C17H21NO3. The Kier molecular flexibility index (Phi) is 5.20. The highest BCUT2D eigenvalue weighted by atomic mass is 16.5. The van der Waals surface area contributed by atoms with E-state index in [2.05, 4.69) is 0 Å². The lowest BCUT2D eigenvalue weighted by atomic mass is 9.97. The van der Waals surface area contributed by atoms with E-state index in [-0.39, 0.29) is 12.6 Å². The van der Waals surface area contributed by atoms with Gasteiger partial charge in [0, 0.05) is 5.56 Å². The lowest BCUT2D eigenvalue weighted by molar-refractivity contribution is 0.281. The molecule has 2 aromatic rings. The highest BCUT2D eigenvalue weighted by Crippen LogP contribution is 2.30. The van der Waals surface area contributed by atoms with E-state index >= 15 is 0 Å². The van der Waals surface area contributed by atoms with E-state index in [0.717, 1.165) is 22.4 Å². The number of hydrogen-bond acceptors (Lipinski definition) is 4. The van der Waals surface area contributed by atoms with Gasteiger partial charge in [0.2, 0.25) is 0 Å². The molecule has 4 nitrogen and oxygen atoms in total. The van der Waals surface area contributed by atoms with Gasteiger partial charge in [-0.05, 0) is 36.2 Å². The summed E-state index contributed by atoms with van der Waals surface area (Å²) in [5.74, 6) is 1.51. The number of hydrogen-bond donors (Lipinski definition) is 2. The van der Waals surface area contributed by atoms with E-state index < -0.39 is 0 Å². The van der Waals surface area contributed by atoms with Crippen LogP contribution in [0.4, 0.5) is 0 Å². The summed E-state index contributed by atoms with van der Waals surface area (Å²) >= 11 is 0. The van der Waals surface area contributed by atoms with Crippen molar-refractivity contribution in [2.75, 3.05) is 13.7 Å². The highest BCUT2D eigenvalue weighted by Gasteiger charge is 2.14.